The summed E-state index contributed by atoms with van der Waals surface area (Å²) in [6.45, 7) is 0. The van der Waals surface area contributed by atoms with Gasteiger partial charge in [-0.2, -0.15) is 0 Å². The van der Waals surface area contributed by atoms with E-state index in [4.69, 9.17) is 13.8 Å². The van der Waals surface area contributed by atoms with Crippen molar-refractivity contribution in [3.63, 3.8) is 0 Å². The summed E-state index contributed by atoms with van der Waals surface area (Å²) in [7, 11) is 0. The molecule has 0 radical (unpaired) electrons. The van der Waals surface area contributed by atoms with E-state index in [1.54, 1.807) is 24.3 Å². The zero-order valence-corrected chi connectivity index (χ0v) is 16.3. The molecule has 2 aromatic carbocycles. The number of furan rings is 2. The van der Waals surface area contributed by atoms with Crippen LogP contribution in [0.4, 0.5) is 17.1 Å². The lowest BCUT2D eigenvalue weighted by Crippen LogP contribution is -2.11. The number of fused-ring (bicyclic) bond motifs is 1. The SMILES string of the molecule is O=C(Nc1ccc(C2=Nc3cc(NC(=O)c4ccco4)ccc3C2)cc1)c1ccco1. The summed E-state index contributed by atoms with van der Waals surface area (Å²) < 4.78 is 10.2. The molecule has 1 aliphatic heterocycles. The summed E-state index contributed by atoms with van der Waals surface area (Å²) in [5, 5.41) is 5.61. The van der Waals surface area contributed by atoms with Gasteiger partial charge in [0.05, 0.1) is 23.9 Å². The number of hydrogen-bond donors (Lipinski definition) is 2. The van der Waals surface area contributed by atoms with E-state index in [2.05, 4.69) is 10.6 Å². The number of carbonyl (C=O) groups is 2. The van der Waals surface area contributed by atoms with Gasteiger partial charge in [-0.15, -0.1) is 0 Å². The Balaban J connectivity index is 1.29. The summed E-state index contributed by atoms with van der Waals surface area (Å²) in [5.74, 6) is -0.0922. The summed E-state index contributed by atoms with van der Waals surface area (Å²) >= 11 is 0. The zero-order chi connectivity index (χ0) is 21.2. The van der Waals surface area contributed by atoms with E-state index in [9.17, 15) is 9.59 Å². The van der Waals surface area contributed by atoms with Gasteiger partial charge in [0, 0.05) is 17.8 Å². The van der Waals surface area contributed by atoms with Gasteiger partial charge >= 0.3 is 0 Å². The second-order valence-electron chi connectivity index (χ2n) is 7.02. The fourth-order valence-corrected chi connectivity index (χ4v) is 3.37. The standard InChI is InChI=1S/C24H17N3O4/c28-23(21-3-1-11-30-21)25-17-8-5-15(6-9-17)19-13-16-7-10-18(14-20(16)27-19)26-24(29)22-4-2-12-31-22/h1-12,14H,13H2,(H,25,28)(H,26,29). The van der Waals surface area contributed by atoms with Crippen molar-refractivity contribution in [3.05, 3.63) is 102 Å². The van der Waals surface area contributed by atoms with Crippen molar-refractivity contribution in [2.45, 2.75) is 6.42 Å². The first-order valence-corrected chi connectivity index (χ1v) is 9.66. The lowest BCUT2D eigenvalue weighted by molar-refractivity contribution is 0.0989. The summed E-state index contributed by atoms with van der Waals surface area (Å²) in [6, 6.07) is 19.7. The number of anilines is 2. The first kappa shape index (κ1) is 18.6. The third-order valence-electron chi connectivity index (χ3n) is 4.92. The number of rotatable bonds is 5. The van der Waals surface area contributed by atoms with Gasteiger partial charge in [0.1, 0.15) is 0 Å². The lowest BCUT2D eigenvalue weighted by Gasteiger charge is -2.05. The molecule has 2 amide bonds. The van der Waals surface area contributed by atoms with Crippen LogP contribution in [0.15, 0.2) is 93.1 Å². The summed E-state index contributed by atoms with van der Waals surface area (Å²) in [5.41, 5.74) is 5.12. The van der Waals surface area contributed by atoms with Crippen LogP contribution in [0.5, 0.6) is 0 Å². The topological polar surface area (TPSA) is 96.8 Å². The molecular weight excluding hydrogens is 394 g/mol. The van der Waals surface area contributed by atoms with Gasteiger partial charge in [-0.1, -0.05) is 18.2 Å². The van der Waals surface area contributed by atoms with Crippen LogP contribution in [0.1, 0.15) is 32.2 Å². The molecule has 0 fully saturated rings. The zero-order valence-electron chi connectivity index (χ0n) is 16.3. The second kappa shape index (κ2) is 7.79. The minimum absolute atomic E-state index is 0.254. The minimum Gasteiger partial charge on any atom is -0.459 e. The van der Waals surface area contributed by atoms with E-state index in [0.717, 1.165) is 22.5 Å². The van der Waals surface area contributed by atoms with Crippen LogP contribution in [-0.2, 0) is 6.42 Å². The molecule has 0 unspecified atom stereocenters. The Labute approximate surface area is 177 Å². The number of nitrogens with one attached hydrogen (secondary N) is 2. The number of amides is 2. The first-order chi connectivity index (χ1) is 15.2. The van der Waals surface area contributed by atoms with E-state index in [1.807, 2.05) is 42.5 Å². The predicted octanol–water partition coefficient (Wildman–Crippen LogP) is 5.05. The second-order valence-corrected chi connectivity index (χ2v) is 7.02. The molecule has 5 rings (SSSR count). The Morgan fingerprint density at radius 1 is 0.774 bits per heavy atom. The molecule has 7 heteroatoms. The van der Waals surface area contributed by atoms with Crippen molar-refractivity contribution in [3.8, 4) is 0 Å². The normalized spacial score (nSPS) is 12.2. The van der Waals surface area contributed by atoms with Gasteiger partial charge in [-0.25, -0.2) is 0 Å². The van der Waals surface area contributed by atoms with Crippen LogP contribution in [0.3, 0.4) is 0 Å². The Morgan fingerprint density at radius 3 is 2.00 bits per heavy atom. The molecule has 31 heavy (non-hydrogen) atoms. The van der Waals surface area contributed by atoms with Gasteiger partial charge in [0.2, 0.25) is 0 Å². The molecule has 2 N–H and O–H groups in total. The average molecular weight is 411 g/mol. The van der Waals surface area contributed by atoms with Crippen LogP contribution in [-0.4, -0.2) is 17.5 Å². The van der Waals surface area contributed by atoms with Crippen molar-refractivity contribution >= 4 is 34.6 Å². The van der Waals surface area contributed by atoms with Crippen molar-refractivity contribution in [1.82, 2.24) is 0 Å². The van der Waals surface area contributed by atoms with Gasteiger partial charge in [0.25, 0.3) is 11.8 Å². The van der Waals surface area contributed by atoms with E-state index in [1.165, 1.54) is 12.5 Å². The van der Waals surface area contributed by atoms with E-state index < -0.39 is 0 Å². The Bertz CT molecular complexity index is 1270. The first-order valence-electron chi connectivity index (χ1n) is 9.66. The molecule has 1 aliphatic rings. The van der Waals surface area contributed by atoms with E-state index in [0.29, 0.717) is 17.8 Å². The fourth-order valence-electron chi connectivity index (χ4n) is 3.37. The molecular formula is C24H17N3O4. The van der Waals surface area contributed by atoms with Crippen LogP contribution >= 0.6 is 0 Å². The number of carbonyl (C=O) groups excluding carboxylic acids is 2. The Kier molecular flexibility index (Phi) is 4.68. The minimum atomic E-state index is -0.306. The Morgan fingerprint density at radius 2 is 1.39 bits per heavy atom. The maximum atomic E-state index is 12.2. The van der Waals surface area contributed by atoms with Crippen LogP contribution in [0.2, 0.25) is 0 Å². The number of aliphatic imine (C=N–C) groups is 1. The number of nitrogens with zero attached hydrogens (tertiary/aromatic N) is 1. The molecule has 0 aliphatic carbocycles. The number of benzene rings is 2. The highest BCUT2D eigenvalue weighted by Gasteiger charge is 2.18. The summed E-state index contributed by atoms with van der Waals surface area (Å²) in [6.07, 6.45) is 3.61. The van der Waals surface area contributed by atoms with Gasteiger partial charge in [-0.05, 0) is 59.7 Å². The van der Waals surface area contributed by atoms with Crippen molar-refractivity contribution in [2.75, 3.05) is 10.6 Å². The molecule has 0 saturated carbocycles. The molecule has 0 bridgehead atoms. The third kappa shape index (κ3) is 3.89. The van der Waals surface area contributed by atoms with Gasteiger partial charge in [0.15, 0.2) is 11.5 Å². The van der Waals surface area contributed by atoms with Crippen LogP contribution < -0.4 is 10.6 Å². The molecule has 4 aromatic rings. The molecule has 0 saturated heterocycles. The maximum Gasteiger partial charge on any atom is 0.291 e. The van der Waals surface area contributed by atoms with Gasteiger partial charge < -0.3 is 19.5 Å². The highest BCUT2D eigenvalue weighted by Crippen LogP contribution is 2.32. The molecule has 7 nitrogen and oxygen atoms in total. The smallest absolute Gasteiger partial charge is 0.291 e. The van der Waals surface area contributed by atoms with Crippen LogP contribution in [0.25, 0.3) is 0 Å². The third-order valence-corrected chi connectivity index (χ3v) is 4.92. The van der Waals surface area contributed by atoms with Crippen LogP contribution in [0, 0.1) is 0 Å². The van der Waals surface area contributed by atoms with Crippen molar-refractivity contribution < 1.29 is 18.4 Å². The van der Waals surface area contributed by atoms with Crippen molar-refractivity contribution in [1.29, 1.82) is 0 Å². The van der Waals surface area contributed by atoms with Gasteiger partial charge in [-0.3, -0.25) is 14.6 Å². The highest BCUT2D eigenvalue weighted by molar-refractivity contribution is 6.08. The highest BCUT2D eigenvalue weighted by atomic mass is 16.3. The molecule has 0 atom stereocenters. The quantitative estimate of drug-likeness (QED) is 0.480. The lowest BCUT2D eigenvalue weighted by atomic mass is 10.0. The van der Waals surface area contributed by atoms with Crippen molar-refractivity contribution in [2.24, 2.45) is 4.99 Å². The molecule has 2 aromatic heterocycles. The Hall–Kier alpha value is -4.39. The van der Waals surface area contributed by atoms with E-state index in [-0.39, 0.29) is 23.3 Å². The summed E-state index contributed by atoms with van der Waals surface area (Å²) in [4.78, 5) is 29.0. The van der Waals surface area contributed by atoms with E-state index >= 15 is 0 Å². The monoisotopic (exact) mass is 411 g/mol. The molecule has 0 spiro atoms. The molecule has 152 valence electrons. The fraction of sp³-hybridized carbons (Fsp3) is 0.0417. The molecule has 3 heterocycles. The number of hydrogen-bond acceptors (Lipinski definition) is 5. The predicted molar refractivity (Wildman–Crippen MR) is 116 cm³/mol. The largest absolute Gasteiger partial charge is 0.459 e. The average Bonchev–Trinajstić information content (AvgIpc) is 3.55. The maximum absolute atomic E-state index is 12.2.